The summed E-state index contributed by atoms with van der Waals surface area (Å²) in [6, 6.07) is 14.8. The molecule has 1 saturated carbocycles. The molecule has 2 aromatic carbocycles. The van der Waals surface area contributed by atoms with Crippen LogP contribution >= 0.6 is 0 Å². The number of hydrogen-bond acceptors (Lipinski definition) is 0. The summed E-state index contributed by atoms with van der Waals surface area (Å²) in [4.78, 5) is 0. The van der Waals surface area contributed by atoms with Gasteiger partial charge in [-0.25, -0.2) is 4.39 Å². The standard InChI is InChI=1S/C28H35F/c1-3-5-7-22-11-16-25(17-12-22)26-18-13-23(14-19-26)9-10-24-15-20-27(8-6-4-2)28(29)21-24/h11-12,15-17,20-21,23,26H,3-8,13-14,18-19H2,1-2H3/t23-,26-. The third-order valence-electron chi connectivity index (χ3n) is 6.27. The van der Waals surface area contributed by atoms with Gasteiger partial charge >= 0.3 is 0 Å². The highest BCUT2D eigenvalue weighted by atomic mass is 19.1. The molecule has 1 fully saturated rings. The van der Waals surface area contributed by atoms with E-state index >= 15 is 0 Å². The first-order valence-electron chi connectivity index (χ1n) is 11.6. The van der Waals surface area contributed by atoms with Gasteiger partial charge in [0.2, 0.25) is 0 Å². The number of benzene rings is 2. The van der Waals surface area contributed by atoms with Crippen molar-refractivity contribution < 1.29 is 4.39 Å². The van der Waals surface area contributed by atoms with Crippen LogP contribution in [0.15, 0.2) is 42.5 Å². The fourth-order valence-electron chi connectivity index (χ4n) is 4.29. The molecular weight excluding hydrogens is 355 g/mol. The first kappa shape index (κ1) is 21.6. The Kier molecular flexibility index (Phi) is 8.36. The molecule has 0 unspecified atom stereocenters. The van der Waals surface area contributed by atoms with Crippen molar-refractivity contribution in [3.05, 3.63) is 70.5 Å². The van der Waals surface area contributed by atoms with Gasteiger partial charge in [0, 0.05) is 11.5 Å². The maximum atomic E-state index is 14.2. The highest BCUT2D eigenvalue weighted by molar-refractivity contribution is 5.37. The van der Waals surface area contributed by atoms with E-state index < -0.39 is 0 Å². The summed E-state index contributed by atoms with van der Waals surface area (Å²) in [6.45, 7) is 4.38. The predicted octanol–water partition coefficient (Wildman–Crippen LogP) is 7.84. The summed E-state index contributed by atoms with van der Waals surface area (Å²) in [5.74, 6) is 7.66. The summed E-state index contributed by atoms with van der Waals surface area (Å²) in [5.41, 5.74) is 4.58. The monoisotopic (exact) mass is 390 g/mol. The van der Waals surface area contributed by atoms with Gasteiger partial charge in [0.05, 0.1) is 0 Å². The van der Waals surface area contributed by atoms with E-state index in [4.69, 9.17) is 0 Å². The van der Waals surface area contributed by atoms with Crippen molar-refractivity contribution in [2.24, 2.45) is 5.92 Å². The van der Waals surface area contributed by atoms with Crippen molar-refractivity contribution in [1.29, 1.82) is 0 Å². The number of rotatable bonds is 7. The van der Waals surface area contributed by atoms with Crippen LogP contribution in [0.4, 0.5) is 4.39 Å². The van der Waals surface area contributed by atoms with E-state index in [0.29, 0.717) is 11.8 Å². The van der Waals surface area contributed by atoms with E-state index in [1.165, 1.54) is 43.2 Å². The Balaban J connectivity index is 1.52. The Labute approximate surface area is 176 Å². The molecule has 1 aliphatic carbocycles. The molecule has 0 saturated heterocycles. The zero-order valence-electron chi connectivity index (χ0n) is 18.1. The smallest absolute Gasteiger partial charge is 0.127 e. The minimum absolute atomic E-state index is 0.101. The summed E-state index contributed by atoms with van der Waals surface area (Å²) in [5, 5.41) is 0. The molecule has 0 radical (unpaired) electrons. The van der Waals surface area contributed by atoms with Gasteiger partial charge in [-0.1, -0.05) is 68.9 Å². The van der Waals surface area contributed by atoms with Gasteiger partial charge in [-0.2, -0.15) is 0 Å². The Morgan fingerprint density at radius 3 is 2.21 bits per heavy atom. The molecule has 0 N–H and O–H groups in total. The molecule has 3 rings (SSSR count). The summed E-state index contributed by atoms with van der Waals surface area (Å²) >= 11 is 0. The molecule has 0 heterocycles. The molecule has 1 aliphatic rings. The molecule has 0 aliphatic heterocycles. The van der Waals surface area contributed by atoms with Gasteiger partial charge in [-0.05, 0) is 86.1 Å². The molecule has 154 valence electrons. The van der Waals surface area contributed by atoms with Crippen LogP contribution in [-0.4, -0.2) is 0 Å². The first-order chi connectivity index (χ1) is 14.2. The van der Waals surface area contributed by atoms with Gasteiger partial charge in [0.1, 0.15) is 5.82 Å². The molecular formula is C28H35F. The largest absolute Gasteiger partial charge is 0.207 e. The Bertz CT molecular complexity index is 814. The normalized spacial score (nSPS) is 18.9. The molecule has 0 bridgehead atoms. The highest BCUT2D eigenvalue weighted by Crippen LogP contribution is 2.35. The number of hydrogen-bond donors (Lipinski definition) is 0. The molecule has 2 aromatic rings. The minimum atomic E-state index is -0.101. The second kappa shape index (κ2) is 11.2. The molecule has 0 nitrogen and oxygen atoms in total. The Morgan fingerprint density at radius 2 is 1.55 bits per heavy atom. The summed E-state index contributed by atoms with van der Waals surface area (Å²) in [7, 11) is 0. The molecule has 0 spiro atoms. The molecule has 0 amide bonds. The van der Waals surface area contributed by atoms with Crippen molar-refractivity contribution in [3.8, 4) is 11.8 Å². The highest BCUT2D eigenvalue weighted by Gasteiger charge is 2.21. The quantitative estimate of drug-likeness (QED) is 0.422. The van der Waals surface area contributed by atoms with Crippen molar-refractivity contribution in [1.82, 2.24) is 0 Å². The average Bonchev–Trinajstić information content (AvgIpc) is 2.76. The zero-order valence-corrected chi connectivity index (χ0v) is 18.1. The molecule has 1 heteroatoms. The van der Waals surface area contributed by atoms with Crippen LogP contribution in [0.25, 0.3) is 0 Å². The molecule has 0 aromatic heterocycles. The Hall–Kier alpha value is -2.07. The summed E-state index contributed by atoms with van der Waals surface area (Å²) in [6.07, 6.45) is 11.4. The number of aryl methyl sites for hydroxylation is 2. The van der Waals surface area contributed by atoms with Gasteiger partial charge in [-0.3, -0.25) is 0 Å². The van der Waals surface area contributed by atoms with E-state index in [2.05, 4.69) is 50.0 Å². The lowest BCUT2D eigenvalue weighted by molar-refractivity contribution is 0.384. The van der Waals surface area contributed by atoms with Crippen LogP contribution in [0.2, 0.25) is 0 Å². The van der Waals surface area contributed by atoms with Crippen molar-refractivity contribution in [2.45, 2.75) is 84.0 Å². The topological polar surface area (TPSA) is 0 Å². The lowest BCUT2D eigenvalue weighted by atomic mass is 9.78. The van der Waals surface area contributed by atoms with Crippen molar-refractivity contribution in [2.75, 3.05) is 0 Å². The van der Waals surface area contributed by atoms with Gasteiger partial charge in [0.15, 0.2) is 0 Å². The predicted molar refractivity (Wildman–Crippen MR) is 122 cm³/mol. The van der Waals surface area contributed by atoms with Crippen molar-refractivity contribution in [3.63, 3.8) is 0 Å². The van der Waals surface area contributed by atoms with E-state index in [1.54, 1.807) is 6.07 Å². The zero-order chi connectivity index (χ0) is 20.5. The first-order valence-corrected chi connectivity index (χ1v) is 11.6. The van der Waals surface area contributed by atoms with Crippen LogP contribution < -0.4 is 0 Å². The maximum Gasteiger partial charge on any atom is 0.127 e. The van der Waals surface area contributed by atoms with Crippen LogP contribution in [-0.2, 0) is 12.8 Å². The van der Waals surface area contributed by atoms with Crippen LogP contribution in [0.1, 0.15) is 93.4 Å². The van der Waals surface area contributed by atoms with Gasteiger partial charge < -0.3 is 0 Å². The lowest BCUT2D eigenvalue weighted by Gasteiger charge is -2.26. The average molecular weight is 391 g/mol. The minimum Gasteiger partial charge on any atom is -0.207 e. The van der Waals surface area contributed by atoms with E-state index in [0.717, 1.165) is 43.2 Å². The fourth-order valence-corrected chi connectivity index (χ4v) is 4.29. The molecule has 0 atom stereocenters. The SMILES string of the molecule is CCCCc1ccc([C@H]2CC[C@H](C#Cc3ccc(CCCC)c(F)c3)CC2)cc1. The maximum absolute atomic E-state index is 14.2. The van der Waals surface area contributed by atoms with Crippen LogP contribution in [0, 0.1) is 23.6 Å². The lowest BCUT2D eigenvalue weighted by Crippen LogP contribution is -2.12. The van der Waals surface area contributed by atoms with Crippen LogP contribution in [0.3, 0.4) is 0 Å². The van der Waals surface area contributed by atoms with E-state index in [-0.39, 0.29) is 5.82 Å². The van der Waals surface area contributed by atoms with E-state index in [1.807, 2.05) is 12.1 Å². The second-order valence-electron chi connectivity index (χ2n) is 8.57. The molecule has 29 heavy (non-hydrogen) atoms. The van der Waals surface area contributed by atoms with E-state index in [9.17, 15) is 4.39 Å². The van der Waals surface area contributed by atoms with Gasteiger partial charge in [0.25, 0.3) is 0 Å². The third-order valence-corrected chi connectivity index (χ3v) is 6.27. The third kappa shape index (κ3) is 6.46. The van der Waals surface area contributed by atoms with Crippen LogP contribution in [0.5, 0.6) is 0 Å². The number of halogens is 1. The van der Waals surface area contributed by atoms with Gasteiger partial charge in [-0.15, -0.1) is 0 Å². The Morgan fingerprint density at radius 1 is 0.862 bits per heavy atom. The second-order valence-corrected chi connectivity index (χ2v) is 8.57. The number of unbranched alkanes of at least 4 members (excludes halogenated alkanes) is 2. The van der Waals surface area contributed by atoms with Crippen molar-refractivity contribution >= 4 is 0 Å². The fraction of sp³-hybridized carbons (Fsp3) is 0.500. The summed E-state index contributed by atoms with van der Waals surface area (Å²) < 4.78 is 14.2.